The fraction of sp³-hybridized carbons (Fsp3) is 0.292. The van der Waals surface area contributed by atoms with Gasteiger partial charge in [0, 0.05) is 36.5 Å². The number of nitrogens with one attached hydrogen (secondary N) is 1. The fourth-order valence-electron chi connectivity index (χ4n) is 4.09. The lowest BCUT2D eigenvalue weighted by Gasteiger charge is -2.31. The van der Waals surface area contributed by atoms with Gasteiger partial charge in [-0.05, 0) is 59.1 Å². The third-order valence-electron chi connectivity index (χ3n) is 6.12. The van der Waals surface area contributed by atoms with E-state index in [0.29, 0.717) is 35.2 Å². The zero-order chi connectivity index (χ0) is 25.3. The summed E-state index contributed by atoms with van der Waals surface area (Å²) in [6.45, 7) is 1.22. The second-order valence-electron chi connectivity index (χ2n) is 8.48. The molecular weight excluding hydrogens is 495 g/mol. The van der Waals surface area contributed by atoms with E-state index in [1.807, 2.05) is 0 Å². The first-order valence-electron chi connectivity index (χ1n) is 11.2. The summed E-state index contributed by atoms with van der Waals surface area (Å²) >= 11 is 1.39. The number of carbonyl (C=O) groups excluding carboxylic acids is 2. The smallest absolute Gasteiger partial charge is 0.347 e. The summed E-state index contributed by atoms with van der Waals surface area (Å²) in [5.74, 6) is -0.332. The molecule has 0 unspecified atom stereocenters. The number of amides is 2. The van der Waals surface area contributed by atoms with Crippen molar-refractivity contribution in [1.82, 2.24) is 25.5 Å². The van der Waals surface area contributed by atoms with Gasteiger partial charge in [0.25, 0.3) is 11.8 Å². The predicted octanol–water partition coefficient (Wildman–Crippen LogP) is 4.65. The molecule has 2 aromatic heterocycles. The molecule has 186 valence electrons. The van der Waals surface area contributed by atoms with Gasteiger partial charge in [-0.2, -0.15) is 13.2 Å². The SMILES string of the molecule is O=C(NCc1ccc(C(F)(F)F)cc1)c1csc(C2CCN(C(=O)c3ccc4nonc4c3)CC2)n1. The molecule has 2 aromatic carbocycles. The molecule has 0 saturated carbocycles. The van der Waals surface area contributed by atoms with Gasteiger partial charge in [0.2, 0.25) is 0 Å². The molecule has 0 atom stereocenters. The first-order valence-corrected chi connectivity index (χ1v) is 12.1. The quantitative estimate of drug-likeness (QED) is 0.415. The van der Waals surface area contributed by atoms with E-state index in [0.717, 1.165) is 30.0 Å². The Bertz CT molecular complexity index is 1390. The summed E-state index contributed by atoms with van der Waals surface area (Å²) in [7, 11) is 0. The molecule has 1 aliphatic rings. The van der Waals surface area contributed by atoms with Crippen molar-refractivity contribution >= 4 is 34.2 Å². The van der Waals surface area contributed by atoms with Gasteiger partial charge in [-0.3, -0.25) is 9.59 Å². The number of aromatic nitrogens is 3. The van der Waals surface area contributed by atoms with Crippen molar-refractivity contribution < 1.29 is 27.4 Å². The summed E-state index contributed by atoms with van der Waals surface area (Å²) in [6.07, 6.45) is -2.95. The van der Waals surface area contributed by atoms with Crippen LogP contribution in [0.25, 0.3) is 11.0 Å². The monoisotopic (exact) mass is 515 g/mol. The number of alkyl halides is 3. The van der Waals surface area contributed by atoms with Gasteiger partial charge in [-0.25, -0.2) is 9.61 Å². The summed E-state index contributed by atoms with van der Waals surface area (Å²) < 4.78 is 42.7. The Morgan fingerprint density at radius 2 is 1.78 bits per heavy atom. The molecule has 2 amide bonds. The van der Waals surface area contributed by atoms with Crippen molar-refractivity contribution in [2.75, 3.05) is 13.1 Å². The van der Waals surface area contributed by atoms with E-state index in [4.69, 9.17) is 0 Å². The maximum atomic E-state index is 12.9. The molecular formula is C24H20F3N5O3S. The number of likely N-dealkylation sites (tertiary alicyclic amines) is 1. The van der Waals surface area contributed by atoms with Crippen LogP contribution in [0.3, 0.4) is 0 Å². The van der Waals surface area contributed by atoms with Gasteiger partial charge < -0.3 is 10.2 Å². The van der Waals surface area contributed by atoms with Crippen LogP contribution in [0.2, 0.25) is 0 Å². The second-order valence-corrected chi connectivity index (χ2v) is 9.37. The highest BCUT2D eigenvalue weighted by Gasteiger charge is 2.30. The van der Waals surface area contributed by atoms with Crippen LogP contribution in [-0.2, 0) is 12.7 Å². The Morgan fingerprint density at radius 1 is 1.06 bits per heavy atom. The molecule has 8 nitrogen and oxygen atoms in total. The number of nitrogens with zero attached hydrogens (tertiary/aromatic N) is 4. The highest BCUT2D eigenvalue weighted by molar-refractivity contribution is 7.09. The van der Waals surface area contributed by atoms with Crippen molar-refractivity contribution in [1.29, 1.82) is 0 Å². The number of fused-ring (bicyclic) bond motifs is 1. The molecule has 0 bridgehead atoms. The van der Waals surface area contributed by atoms with Crippen LogP contribution < -0.4 is 5.32 Å². The molecule has 3 heterocycles. The number of thiazole rings is 1. The summed E-state index contributed by atoms with van der Waals surface area (Å²) in [6, 6.07) is 9.73. The van der Waals surface area contributed by atoms with Gasteiger partial charge in [0.15, 0.2) is 0 Å². The van der Waals surface area contributed by atoms with Crippen molar-refractivity contribution in [2.45, 2.75) is 31.5 Å². The van der Waals surface area contributed by atoms with Gasteiger partial charge >= 0.3 is 6.18 Å². The van der Waals surface area contributed by atoms with E-state index in [-0.39, 0.29) is 30.0 Å². The standard InChI is InChI=1S/C24H20F3N5O3S/c25-24(26,27)17-4-1-14(2-5-17)12-28-21(33)20-13-36-22(29-20)15-7-9-32(10-8-15)23(34)16-3-6-18-19(11-16)31-35-30-18/h1-6,11,13,15H,7-10,12H2,(H,28,33). The minimum absolute atomic E-state index is 0.0826. The lowest BCUT2D eigenvalue weighted by Crippen LogP contribution is -2.37. The van der Waals surface area contributed by atoms with E-state index in [2.05, 4.69) is 25.2 Å². The number of halogens is 3. The molecule has 5 rings (SSSR count). The summed E-state index contributed by atoms with van der Waals surface area (Å²) in [5, 5.41) is 12.7. The van der Waals surface area contributed by atoms with Crippen LogP contribution in [-0.4, -0.2) is 45.1 Å². The minimum atomic E-state index is -4.40. The number of benzene rings is 2. The van der Waals surface area contributed by atoms with Crippen LogP contribution in [0, 0.1) is 0 Å². The summed E-state index contributed by atoms with van der Waals surface area (Å²) in [5.41, 5.74) is 1.74. The van der Waals surface area contributed by atoms with E-state index in [1.54, 1.807) is 28.5 Å². The zero-order valence-electron chi connectivity index (χ0n) is 18.8. The second kappa shape index (κ2) is 9.69. The Hall–Kier alpha value is -3.80. The molecule has 0 spiro atoms. The van der Waals surface area contributed by atoms with Gasteiger partial charge in [0.1, 0.15) is 16.7 Å². The third-order valence-corrected chi connectivity index (χ3v) is 7.13. The predicted molar refractivity (Wildman–Crippen MR) is 124 cm³/mol. The summed E-state index contributed by atoms with van der Waals surface area (Å²) in [4.78, 5) is 31.6. The maximum Gasteiger partial charge on any atom is 0.416 e. The van der Waals surface area contributed by atoms with Crippen molar-refractivity contribution in [2.24, 2.45) is 0 Å². The molecule has 0 radical (unpaired) electrons. The van der Waals surface area contributed by atoms with Crippen LogP contribution in [0.15, 0.2) is 52.5 Å². The normalized spacial score (nSPS) is 14.8. The number of rotatable bonds is 5. The number of piperidine rings is 1. The molecule has 4 aromatic rings. The topological polar surface area (TPSA) is 101 Å². The molecule has 12 heteroatoms. The average Bonchev–Trinajstić information content (AvgIpc) is 3.56. The Balaban J connectivity index is 1.14. The first kappa shape index (κ1) is 23.9. The number of hydrogen-bond donors (Lipinski definition) is 1. The van der Waals surface area contributed by atoms with E-state index < -0.39 is 11.7 Å². The van der Waals surface area contributed by atoms with Crippen molar-refractivity contribution in [3.63, 3.8) is 0 Å². The lowest BCUT2D eigenvalue weighted by molar-refractivity contribution is -0.137. The molecule has 0 aliphatic carbocycles. The minimum Gasteiger partial charge on any atom is -0.347 e. The van der Waals surface area contributed by atoms with E-state index in [1.165, 1.54) is 23.5 Å². The van der Waals surface area contributed by atoms with E-state index >= 15 is 0 Å². The van der Waals surface area contributed by atoms with Crippen LogP contribution in [0.1, 0.15) is 55.7 Å². The number of carbonyl (C=O) groups is 2. The van der Waals surface area contributed by atoms with Crippen molar-refractivity contribution in [3.05, 3.63) is 75.2 Å². The van der Waals surface area contributed by atoms with Crippen molar-refractivity contribution in [3.8, 4) is 0 Å². The van der Waals surface area contributed by atoms with Crippen LogP contribution in [0.4, 0.5) is 13.2 Å². The van der Waals surface area contributed by atoms with Crippen LogP contribution >= 0.6 is 11.3 Å². The lowest BCUT2D eigenvalue weighted by atomic mass is 9.97. The molecule has 1 saturated heterocycles. The Kier molecular flexibility index (Phi) is 6.44. The Labute approximate surface area is 207 Å². The Morgan fingerprint density at radius 3 is 2.50 bits per heavy atom. The average molecular weight is 516 g/mol. The first-order chi connectivity index (χ1) is 17.3. The van der Waals surface area contributed by atoms with E-state index in [9.17, 15) is 22.8 Å². The maximum absolute atomic E-state index is 12.9. The molecule has 36 heavy (non-hydrogen) atoms. The zero-order valence-corrected chi connectivity index (χ0v) is 19.6. The molecule has 1 N–H and O–H groups in total. The third kappa shape index (κ3) is 5.08. The largest absolute Gasteiger partial charge is 0.416 e. The highest BCUT2D eigenvalue weighted by Crippen LogP contribution is 2.31. The highest BCUT2D eigenvalue weighted by atomic mass is 32.1. The van der Waals surface area contributed by atoms with Crippen LogP contribution in [0.5, 0.6) is 0 Å². The fourth-order valence-corrected chi connectivity index (χ4v) is 5.06. The number of hydrogen-bond acceptors (Lipinski definition) is 7. The van der Waals surface area contributed by atoms with Gasteiger partial charge in [0.05, 0.1) is 10.6 Å². The molecule has 1 aliphatic heterocycles. The van der Waals surface area contributed by atoms with Gasteiger partial charge in [-0.1, -0.05) is 12.1 Å². The van der Waals surface area contributed by atoms with Gasteiger partial charge in [-0.15, -0.1) is 11.3 Å². The molecule has 1 fully saturated rings.